The van der Waals surface area contributed by atoms with Crippen molar-refractivity contribution < 1.29 is 32.4 Å². The number of likely N-dealkylation sites (tertiary alicyclic amines) is 1. The van der Waals surface area contributed by atoms with Crippen molar-refractivity contribution in [2.45, 2.75) is 97.6 Å². The summed E-state index contributed by atoms with van der Waals surface area (Å²) >= 11 is 0. The summed E-state index contributed by atoms with van der Waals surface area (Å²) in [6, 6.07) is 4.41. The quantitative estimate of drug-likeness (QED) is 0.218. The third-order valence-corrected chi connectivity index (χ3v) is 11.7. The maximum Gasteiger partial charge on any atom is 0.315 e. The average Bonchev–Trinajstić information content (AvgIpc) is 3.81. The Kier molecular flexibility index (Phi) is 10.5. The van der Waals surface area contributed by atoms with Crippen molar-refractivity contribution in [2.75, 3.05) is 12.3 Å². The monoisotopic (exact) mass is 673 g/mol. The minimum atomic E-state index is -3.58. The fraction of sp³-hybridized carbons (Fsp3) is 0.676. The standard InChI is InChI=1S/C34H51N5O7S/c1-19(2)24(18-47(45,46)17-21-11-9-8-10-12-21)37-32(44)38-28(33(3,4)5)31(43)39-16-22-25(34(22,6)7)26(39)30(42)36-23(15-20-13-14-20)27(40)29(35)41/h8-12,19-20,22-26,28H,13-18H2,1-7H3,(H2,35,41)(H,36,42)(H2,37,38,44)/t22-,23?,24-,25?,26+,28-/m1/s1. The van der Waals surface area contributed by atoms with E-state index < -0.39 is 69.0 Å². The van der Waals surface area contributed by atoms with Crippen molar-refractivity contribution in [2.24, 2.45) is 40.2 Å². The molecule has 0 bridgehead atoms. The first-order valence-corrected chi connectivity index (χ1v) is 18.3. The zero-order valence-electron chi connectivity index (χ0n) is 28.5. The van der Waals surface area contributed by atoms with Crippen molar-refractivity contribution in [3.8, 4) is 0 Å². The number of urea groups is 1. The topological polar surface area (TPSA) is 185 Å². The fourth-order valence-electron chi connectivity index (χ4n) is 6.88. The molecule has 2 unspecified atom stereocenters. The number of nitrogens with one attached hydrogen (secondary N) is 3. The van der Waals surface area contributed by atoms with Crippen LogP contribution in [0.4, 0.5) is 4.79 Å². The molecule has 6 atom stereocenters. The van der Waals surface area contributed by atoms with Crippen LogP contribution in [0.1, 0.15) is 73.3 Å². The highest BCUT2D eigenvalue weighted by atomic mass is 32.2. The van der Waals surface area contributed by atoms with Gasteiger partial charge >= 0.3 is 6.03 Å². The maximum atomic E-state index is 14.3. The van der Waals surface area contributed by atoms with Gasteiger partial charge in [-0.2, -0.15) is 0 Å². The van der Waals surface area contributed by atoms with Gasteiger partial charge in [0, 0.05) is 12.6 Å². The minimum absolute atomic E-state index is 0.0468. The molecule has 5 N–H and O–H groups in total. The zero-order valence-corrected chi connectivity index (χ0v) is 29.4. The Bertz CT molecular complexity index is 1480. The second-order valence-corrected chi connectivity index (χ2v) is 17.8. The number of fused-ring (bicyclic) bond motifs is 1. The molecule has 13 heteroatoms. The van der Waals surface area contributed by atoms with Crippen LogP contribution >= 0.6 is 0 Å². The van der Waals surface area contributed by atoms with Gasteiger partial charge in [-0.1, -0.05) is 91.6 Å². The molecule has 1 heterocycles. The van der Waals surface area contributed by atoms with Gasteiger partial charge in [-0.3, -0.25) is 19.2 Å². The van der Waals surface area contributed by atoms with Crippen LogP contribution in [0, 0.1) is 34.5 Å². The Labute approximate surface area is 278 Å². The Morgan fingerprint density at radius 3 is 2.15 bits per heavy atom. The predicted octanol–water partition coefficient (Wildman–Crippen LogP) is 2.16. The lowest BCUT2D eigenvalue weighted by Gasteiger charge is -2.38. The lowest BCUT2D eigenvalue weighted by atomic mass is 9.85. The lowest BCUT2D eigenvalue weighted by molar-refractivity contribution is -0.145. The number of benzene rings is 1. The fourth-order valence-corrected chi connectivity index (χ4v) is 8.71. The Balaban J connectivity index is 1.49. The minimum Gasteiger partial charge on any atom is -0.363 e. The zero-order chi connectivity index (χ0) is 35.1. The molecular weight excluding hydrogens is 622 g/mol. The first kappa shape index (κ1) is 36.4. The van der Waals surface area contributed by atoms with E-state index in [1.807, 2.05) is 33.8 Å². The highest BCUT2D eigenvalue weighted by molar-refractivity contribution is 7.90. The summed E-state index contributed by atoms with van der Waals surface area (Å²) in [5, 5.41) is 8.32. The van der Waals surface area contributed by atoms with Gasteiger partial charge in [0.25, 0.3) is 5.91 Å². The summed E-state index contributed by atoms with van der Waals surface area (Å²) in [6.07, 6.45) is 2.12. The number of carbonyl (C=O) groups is 5. The van der Waals surface area contributed by atoms with Gasteiger partial charge in [0.05, 0.1) is 17.5 Å². The molecule has 0 aromatic heterocycles. The van der Waals surface area contributed by atoms with Crippen LogP contribution in [-0.2, 0) is 34.8 Å². The normalized spacial score (nSPS) is 23.7. The maximum absolute atomic E-state index is 14.3. The number of nitrogens with two attached hydrogens (primary N) is 1. The number of carbonyl (C=O) groups excluding carboxylic acids is 5. The van der Waals surface area contributed by atoms with Crippen molar-refractivity contribution in [1.29, 1.82) is 0 Å². The molecule has 1 aromatic carbocycles. The third-order valence-electron chi connectivity index (χ3n) is 10.1. The van der Waals surface area contributed by atoms with E-state index in [4.69, 9.17) is 5.73 Å². The molecule has 2 saturated carbocycles. The second-order valence-electron chi connectivity index (χ2n) is 15.7. The molecule has 12 nitrogen and oxygen atoms in total. The van der Waals surface area contributed by atoms with Gasteiger partial charge in [0.1, 0.15) is 12.1 Å². The van der Waals surface area contributed by atoms with Gasteiger partial charge in [0.15, 0.2) is 9.84 Å². The summed E-state index contributed by atoms with van der Waals surface area (Å²) < 4.78 is 26.1. The lowest BCUT2D eigenvalue weighted by Crippen LogP contribution is -2.62. The number of nitrogens with zero attached hydrogens (tertiary/aromatic N) is 1. The molecule has 1 aliphatic heterocycles. The van der Waals surface area contributed by atoms with Crippen LogP contribution in [0.3, 0.4) is 0 Å². The molecule has 0 radical (unpaired) electrons. The molecule has 3 fully saturated rings. The number of rotatable bonds is 14. The molecule has 0 spiro atoms. The molecule has 5 amide bonds. The van der Waals surface area contributed by atoms with Crippen molar-refractivity contribution >= 4 is 39.4 Å². The Morgan fingerprint density at radius 1 is 1.00 bits per heavy atom. The molecule has 3 aliphatic rings. The van der Waals surface area contributed by atoms with Crippen LogP contribution in [0.5, 0.6) is 0 Å². The van der Waals surface area contributed by atoms with Crippen LogP contribution in [0.15, 0.2) is 30.3 Å². The second kappa shape index (κ2) is 13.6. The number of hydrogen-bond donors (Lipinski definition) is 4. The Morgan fingerprint density at radius 2 is 1.62 bits per heavy atom. The molecule has 260 valence electrons. The van der Waals surface area contributed by atoms with E-state index in [1.165, 1.54) is 4.90 Å². The van der Waals surface area contributed by atoms with E-state index in [0.717, 1.165) is 12.8 Å². The highest BCUT2D eigenvalue weighted by Gasteiger charge is 2.70. The number of Topliss-reactive ketones (excluding diaryl/α,β-unsaturated/α-hetero) is 1. The van der Waals surface area contributed by atoms with Crippen LogP contribution in [0.25, 0.3) is 0 Å². The van der Waals surface area contributed by atoms with Gasteiger partial charge < -0.3 is 26.6 Å². The summed E-state index contributed by atoms with van der Waals surface area (Å²) in [6.45, 7) is 13.4. The van der Waals surface area contributed by atoms with E-state index in [-0.39, 0.29) is 40.6 Å². The first-order valence-electron chi connectivity index (χ1n) is 16.5. The third kappa shape index (κ3) is 8.71. The predicted molar refractivity (Wildman–Crippen MR) is 177 cm³/mol. The summed E-state index contributed by atoms with van der Waals surface area (Å²) in [7, 11) is -3.58. The van der Waals surface area contributed by atoms with Gasteiger partial charge in [-0.05, 0) is 46.5 Å². The van der Waals surface area contributed by atoms with Crippen LogP contribution in [-0.4, -0.2) is 79.3 Å². The van der Waals surface area contributed by atoms with Gasteiger partial charge in [-0.15, -0.1) is 0 Å². The highest BCUT2D eigenvalue weighted by Crippen LogP contribution is 2.65. The Hall–Kier alpha value is -3.48. The molecular formula is C34H51N5O7S. The number of hydrogen-bond acceptors (Lipinski definition) is 7. The number of ketones is 1. The SMILES string of the molecule is CC(C)[C@@H](CS(=O)(=O)Cc1ccccc1)NC(=O)N[C@H](C(=O)N1C[C@@H]2C([C@H]1C(=O)NC(CC1CC1)C(=O)C(N)=O)C2(C)C)C(C)(C)C. The number of amides is 5. The summed E-state index contributed by atoms with van der Waals surface area (Å²) in [5.74, 6) is -3.48. The molecule has 1 saturated heterocycles. The van der Waals surface area contributed by atoms with E-state index >= 15 is 0 Å². The van der Waals surface area contributed by atoms with Gasteiger partial charge in [0.2, 0.25) is 17.6 Å². The molecule has 47 heavy (non-hydrogen) atoms. The molecule has 1 aromatic rings. The summed E-state index contributed by atoms with van der Waals surface area (Å²) in [4.78, 5) is 67.3. The van der Waals surface area contributed by atoms with Gasteiger partial charge in [-0.25, -0.2) is 13.2 Å². The number of piperidine rings is 1. The van der Waals surface area contributed by atoms with E-state index in [2.05, 4.69) is 16.0 Å². The smallest absolute Gasteiger partial charge is 0.315 e. The van der Waals surface area contributed by atoms with E-state index in [9.17, 15) is 32.4 Å². The molecule has 4 rings (SSSR count). The van der Waals surface area contributed by atoms with E-state index in [1.54, 1.807) is 45.0 Å². The van der Waals surface area contributed by atoms with Crippen molar-refractivity contribution in [1.82, 2.24) is 20.9 Å². The van der Waals surface area contributed by atoms with Crippen LogP contribution in [0.2, 0.25) is 0 Å². The first-order chi connectivity index (χ1) is 21.7. The average molecular weight is 674 g/mol. The van der Waals surface area contributed by atoms with Crippen LogP contribution < -0.4 is 21.7 Å². The number of primary amides is 1. The largest absolute Gasteiger partial charge is 0.363 e. The van der Waals surface area contributed by atoms with Crippen molar-refractivity contribution in [3.05, 3.63) is 35.9 Å². The van der Waals surface area contributed by atoms with Crippen molar-refractivity contribution in [3.63, 3.8) is 0 Å². The number of sulfone groups is 1. The van der Waals surface area contributed by atoms with E-state index in [0.29, 0.717) is 18.5 Å². The molecule has 2 aliphatic carbocycles. The summed E-state index contributed by atoms with van der Waals surface area (Å²) in [5.41, 5.74) is 4.95.